The summed E-state index contributed by atoms with van der Waals surface area (Å²) in [4.78, 5) is 0.469. The maximum absolute atomic E-state index is 5.59. The van der Waals surface area contributed by atoms with Crippen molar-refractivity contribution in [1.82, 2.24) is 0 Å². The Morgan fingerprint density at radius 1 is 1.18 bits per heavy atom. The maximum atomic E-state index is 5.59. The lowest BCUT2D eigenvalue weighted by molar-refractivity contribution is 0.440. The van der Waals surface area contributed by atoms with Gasteiger partial charge in [-0.25, -0.2) is 0 Å². The van der Waals surface area contributed by atoms with E-state index < -0.39 is 0 Å². The fourth-order valence-corrected chi connectivity index (χ4v) is 3.50. The highest BCUT2D eigenvalue weighted by Crippen LogP contribution is 2.45. The van der Waals surface area contributed by atoms with Gasteiger partial charge in [0, 0.05) is 17.3 Å². The molecule has 3 heteroatoms. The standard InChI is InChI=1S/C14H18N2S/c15-14(17)10-3-5-12(6-4-10)16-13-8-9-1-2-11(13)7-9/h3-6,9,11,13,16H,1-2,7-8H2,(H2,15,17). The van der Waals surface area contributed by atoms with Crippen LogP contribution in [-0.4, -0.2) is 11.0 Å². The van der Waals surface area contributed by atoms with Crippen LogP contribution in [0.5, 0.6) is 0 Å². The summed E-state index contributed by atoms with van der Waals surface area (Å²) in [6.45, 7) is 0. The van der Waals surface area contributed by atoms with Gasteiger partial charge in [-0.15, -0.1) is 0 Å². The monoisotopic (exact) mass is 246 g/mol. The summed E-state index contributed by atoms with van der Waals surface area (Å²) in [5.74, 6) is 1.88. The molecule has 0 amide bonds. The van der Waals surface area contributed by atoms with Crippen molar-refractivity contribution < 1.29 is 0 Å². The van der Waals surface area contributed by atoms with E-state index in [0.717, 1.165) is 17.4 Å². The molecule has 1 aromatic carbocycles. The average Bonchev–Trinajstić information content (AvgIpc) is 2.91. The van der Waals surface area contributed by atoms with E-state index in [1.807, 2.05) is 12.1 Å². The van der Waals surface area contributed by atoms with Crippen molar-refractivity contribution in [3.63, 3.8) is 0 Å². The number of fused-ring (bicyclic) bond motifs is 2. The van der Waals surface area contributed by atoms with Crippen LogP contribution in [0, 0.1) is 11.8 Å². The van der Waals surface area contributed by atoms with Gasteiger partial charge in [0.25, 0.3) is 0 Å². The first-order valence-corrected chi connectivity index (χ1v) is 6.79. The number of nitrogens with one attached hydrogen (secondary N) is 1. The Bertz CT molecular complexity index is 426. The van der Waals surface area contributed by atoms with Crippen molar-refractivity contribution in [2.75, 3.05) is 5.32 Å². The fourth-order valence-electron chi connectivity index (χ4n) is 3.37. The Morgan fingerprint density at radius 3 is 2.47 bits per heavy atom. The molecule has 3 atom stereocenters. The van der Waals surface area contributed by atoms with Crippen molar-refractivity contribution in [3.8, 4) is 0 Å². The maximum Gasteiger partial charge on any atom is 0.103 e. The average molecular weight is 246 g/mol. The molecular weight excluding hydrogens is 228 g/mol. The summed E-state index contributed by atoms with van der Waals surface area (Å²) in [7, 11) is 0. The van der Waals surface area contributed by atoms with Crippen molar-refractivity contribution in [3.05, 3.63) is 29.8 Å². The van der Waals surface area contributed by atoms with Gasteiger partial charge in [0.05, 0.1) is 0 Å². The van der Waals surface area contributed by atoms with Crippen molar-refractivity contribution in [2.45, 2.75) is 31.7 Å². The molecule has 0 radical (unpaired) electrons. The van der Waals surface area contributed by atoms with Gasteiger partial charge in [0.2, 0.25) is 0 Å². The van der Waals surface area contributed by atoms with E-state index >= 15 is 0 Å². The molecule has 1 aromatic rings. The minimum absolute atomic E-state index is 0.469. The second-order valence-electron chi connectivity index (χ2n) is 5.37. The molecule has 2 aliphatic carbocycles. The van der Waals surface area contributed by atoms with Gasteiger partial charge < -0.3 is 11.1 Å². The summed E-state index contributed by atoms with van der Waals surface area (Å²) in [5, 5.41) is 3.65. The van der Waals surface area contributed by atoms with Gasteiger partial charge in [-0.2, -0.15) is 0 Å². The zero-order valence-corrected chi connectivity index (χ0v) is 10.7. The van der Waals surface area contributed by atoms with E-state index in [1.54, 1.807) is 0 Å². The number of nitrogens with two attached hydrogens (primary N) is 1. The van der Waals surface area contributed by atoms with E-state index in [-0.39, 0.29) is 0 Å². The van der Waals surface area contributed by atoms with Crippen LogP contribution >= 0.6 is 12.2 Å². The molecule has 0 aliphatic heterocycles. The minimum Gasteiger partial charge on any atom is -0.389 e. The minimum atomic E-state index is 0.469. The normalized spacial score (nSPS) is 30.5. The van der Waals surface area contributed by atoms with E-state index in [9.17, 15) is 0 Å². The number of thiocarbonyl (C=S) groups is 1. The number of anilines is 1. The predicted molar refractivity (Wildman–Crippen MR) is 75.2 cm³/mol. The van der Waals surface area contributed by atoms with Crippen LogP contribution in [-0.2, 0) is 0 Å². The quantitative estimate of drug-likeness (QED) is 0.805. The topological polar surface area (TPSA) is 38.0 Å². The largest absolute Gasteiger partial charge is 0.389 e. The Balaban J connectivity index is 1.67. The number of hydrogen-bond acceptors (Lipinski definition) is 2. The molecule has 0 spiro atoms. The smallest absolute Gasteiger partial charge is 0.103 e. The van der Waals surface area contributed by atoms with Gasteiger partial charge in [0.1, 0.15) is 4.99 Å². The molecule has 0 saturated heterocycles. The van der Waals surface area contributed by atoms with E-state index in [2.05, 4.69) is 17.4 Å². The second-order valence-corrected chi connectivity index (χ2v) is 5.81. The molecule has 17 heavy (non-hydrogen) atoms. The number of benzene rings is 1. The highest BCUT2D eigenvalue weighted by atomic mass is 32.1. The van der Waals surface area contributed by atoms with Crippen LogP contribution in [0.3, 0.4) is 0 Å². The summed E-state index contributed by atoms with van der Waals surface area (Å²) in [6.07, 6.45) is 5.64. The molecule has 2 fully saturated rings. The predicted octanol–water partition coefficient (Wildman–Crippen LogP) is 2.92. The van der Waals surface area contributed by atoms with Gasteiger partial charge >= 0.3 is 0 Å². The molecule has 90 valence electrons. The molecular formula is C14H18N2S. The van der Waals surface area contributed by atoms with Crippen LogP contribution in [0.25, 0.3) is 0 Å². The van der Waals surface area contributed by atoms with E-state index in [4.69, 9.17) is 18.0 Å². The lowest BCUT2D eigenvalue weighted by atomic mass is 9.95. The number of hydrogen-bond donors (Lipinski definition) is 2. The first-order valence-electron chi connectivity index (χ1n) is 6.39. The van der Waals surface area contributed by atoms with E-state index in [1.165, 1.54) is 31.4 Å². The fraction of sp³-hybridized carbons (Fsp3) is 0.500. The summed E-state index contributed by atoms with van der Waals surface area (Å²) >= 11 is 4.95. The van der Waals surface area contributed by atoms with Crippen LogP contribution < -0.4 is 11.1 Å². The molecule has 2 nitrogen and oxygen atoms in total. The lowest BCUT2D eigenvalue weighted by Crippen LogP contribution is -2.25. The van der Waals surface area contributed by atoms with Gasteiger partial charge in [0.15, 0.2) is 0 Å². The molecule has 0 aromatic heterocycles. The van der Waals surface area contributed by atoms with Crippen molar-refractivity contribution in [2.24, 2.45) is 17.6 Å². The Morgan fingerprint density at radius 2 is 1.94 bits per heavy atom. The van der Waals surface area contributed by atoms with E-state index in [0.29, 0.717) is 11.0 Å². The van der Waals surface area contributed by atoms with Crippen LogP contribution in [0.4, 0.5) is 5.69 Å². The SMILES string of the molecule is NC(=S)c1ccc(NC2CC3CCC2C3)cc1. The molecule has 2 saturated carbocycles. The Labute approximate surface area is 108 Å². The van der Waals surface area contributed by atoms with Gasteiger partial charge in [-0.3, -0.25) is 0 Å². The summed E-state index contributed by atoms with van der Waals surface area (Å²) < 4.78 is 0. The van der Waals surface area contributed by atoms with Crippen molar-refractivity contribution in [1.29, 1.82) is 0 Å². The molecule has 2 aliphatic rings. The van der Waals surface area contributed by atoms with Gasteiger partial charge in [-0.05, 0) is 55.4 Å². The third kappa shape index (κ3) is 2.16. The first-order chi connectivity index (χ1) is 8.22. The molecule has 2 bridgehead atoms. The van der Waals surface area contributed by atoms with Crippen LogP contribution in [0.1, 0.15) is 31.2 Å². The molecule has 3 rings (SSSR count). The van der Waals surface area contributed by atoms with Crippen LogP contribution in [0.15, 0.2) is 24.3 Å². The third-order valence-electron chi connectivity index (χ3n) is 4.26. The summed E-state index contributed by atoms with van der Waals surface area (Å²) in [6, 6.07) is 8.85. The number of rotatable bonds is 3. The van der Waals surface area contributed by atoms with Crippen LogP contribution in [0.2, 0.25) is 0 Å². The van der Waals surface area contributed by atoms with Gasteiger partial charge in [-0.1, -0.05) is 18.6 Å². The molecule has 0 heterocycles. The zero-order valence-electron chi connectivity index (χ0n) is 9.86. The first kappa shape index (κ1) is 11.0. The highest BCUT2D eigenvalue weighted by molar-refractivity contribution is 7.80. The Hall–Kier alpha value is -1.09. The lowest BCUT2D eigenvalue weighted by Gasteiger charge is -2.24. The third-order valence-corrected chi connectivity index (χ3v) is 4.50. The van der Waals surface area contributed by atoms with Crippen molar-refractivity contribution >= 4 is 22.9 Å². The summed E-state index contributed by atoms with van der Waals surface area (Å²) in [5.41, 5.74) is 7.73. The second kappa shape index (κ2) is 4.30. The molecule has 3 unspecified atom stereocenters. The zero-order chi connectivity index (χ0) is 11.8. The Kier molecular flexibility index (Phi) is 2.79. The highest BCUT2D eigenvalue weighted by Gasteiger charge is 2.39. The molecule has 3 N–H and O–H groups in total.